The Kier molecular flexibility index (Phi) is 5.06. The minimum atomic E-state index is -1.16. The van der Waals surface area contributed by atoms with Crippen LogP contribution in [0, 0.1) is 12.7 Å². The van der Waals surface area contributed by atoms with Crippen LogP contribution in [0.25, 0.3) is 0 Å². The molecule has 1 heterocycles. The van der Waals surface area contributed by atoms with Crippen molar-refractivity contribution >= 4 is 40.4 Å². The van der Waals surface area contributed by atoms with Gasteiger partial charge in [0.1, 0.15) is 11.4 Å². The molecule has 23 heavy (non-hydrogen) atoms. The van der Waals surface area contributed by atoms with Crippen molar-refractivity contribution in [2.75, 3.05) is 5.32 Å². The summed E-state index contributed by atoms with van der Waals surface area (Å²) >= 11 is 6.95. The molecular formula is C16H16ClFN2O2S. The van der Waals surface area contributed by atoms with Crippen LogP contribution >= 0.6 is 22.9 Å². The maximum absolute atomic E-state index is 13.4. The van der Waals surface area contributed by atoms with Crippen LogP contribution in [0.3, 0.4) is 0 Å². The number of hydrogen-bond donors (Lipinski definition) is 2. The highest BCUT2D eigenvalue weighted by Gasteiger charge is 2.30. The van der Waals surface area contributed by atoms with Gasteiger partial charge in [0.2, 0.25) is 5.91 Å². The molecule has 2 aromatic rings. The first-order chi connectivity index (χ1) is 10.7. The van der Waals surface area contributed by atoms with Crippen molar-refractivity contribution in [2.45, 2.75) is 26.3 Å². The molecule has 0 radical (unpaired) electrons. The monoisotopic (exact) mass is 354 g/mol. The maximum Gasteiger partial charge on any atom is 0.262 e. The van der Waals surface area contributed by atoms with E-state index in [9.17, 15) is 14.0 Å². The number of carbonyl (C=O) groups excluding carboxylic acids is 2. The molecule has 1 aromatic heterocycles. The van der Waals surface area contributed by atoms with Gasteiger partial charge in [-0.3, -0.25) is 9.59 Å². The topological polar surface area (TPSA) is 58.2 Å². The molecule has 0 unspecified atom stereocenters. The number of anilines is 1. The Morgan fingerprint density at radius 1 is 1.22 bits per heavy atom. The summed E-state index contributed by atoms with van der Waals surface area (Å²) in [5.74, 6) is -1.41. The Labute approximate surface area is 142 Å². The van der Waals surface area contributed by atoms with Crippen molar-refractivity contribution in [2.24, 2.45) is 0 Å². The summed E-state index contributed by atoms with van der Waals surface area (Å²) in [7, 11) is 0. The van der Waals surface area contributed by atoms with Crippen molar-refractivity contribution in [3.63, 3.8) is 0 Å². The van der Waals surface area contributed by atoms with Crippen LogP contribution in [-0.4, -0.2) is 17.4 Å². The molecule has 0 aliphatic heterocycles. The molecular weight excluding hydrogens is 339 g/mol. The van der Waals surface area contributed by atoms with E-state index in [0.29, 0.717) is 4.88 Å². The van der Waals surface area contributed by atoms with E-state index in [4.69, 9.17) is 11.6 Å². The number of hydrogen-bond acceptors (Lipinski definition) is 3. The average Bonchev–Trinajstić information content (AvgIpc) is 2.89. The Morgan fingerprint density at radius 3 is 2.48 bits per heavy atom. The second-order valence-electron chi connectivity index (χ2n) is 5.57. The van der Waals surface area contributed by atoms with E-state index in [1.54, 1.807) is 19.9 Å². The molecule has 7 heteroatoms. The number of nitrogens with one attached hydrogen (secondary N) is 2. The Morgan fingerprint density at radius 2 is 1.91 bits per heavy atom. The van der Waals surface area contributed by atoms with Crippen LogP contribution in [0.5, 0.6) is 0 Å². The number of rotatable bonds is 4. The molecule has 0 aliphatic carbocycles. The van der Waals surface area contributed by atoms with Crippen molar-refractivity contribution in [3.05, 3.63) is 50.9 Å². The standard InChI is InChI=1S/C16H16ClFN2O2S/c1-9-4-7-13(23-9)14(21)20-16(2,3)15(22)19-10-5-6-11(17)12(18)8-10/h4-8H,1-3H3,(H,19,22)(H,20,21). The van der Waals surface area contributed by atoms with Gasteiger partial charge in [-0.05, 0) is 51.1 Å². The summed E-state index contributed by atoms with van der Waals surface area (Å²) in [4.78, 5) is 26.0. The fourth-order valence-corrected chi connectivity index (χ4v) is 2.70. The van der Waals surface area contributed by atoms with Crippen molar-refractivity contribution in [3.8, 4) is 0 Å². The highest BCUT2D eigenvalue weighted by Crippen LogP contribution is 2.20. The predicted molar refractivity (Wildman–Crippen MR) is 90.6 cm³/mol. The van der Waals surface area contributed by atoms with Crippen molar-refractivity contribution in [1.29, 1.82) is 0 Å². The number of thiophene rings is 1. The summed E-state index contributed by atoms with van der Waals surface area (Å²) in [6.07, 6.45) is 0. The molecule has 2 amide bonds. The lowest BCUT2D eigenvalue weighted by atomic mass is 10.0. The number of aryl methyl sites for hydroxylation is 1. The van der Waals surface area contributed by atoms with Gasteiger partial charge in [-0.25, -0.2) is 4.39 Å². The molecule has 0 atom stereocenters. The van der Waals surface area contributed by atoms with Crippen LogP contribution in [-0.2, 0) is 4.79 Å². The quantitative estimate of drug-likeness (QED) is 0.872. The predicted octanol–water partition coefficient (Wildman–Crippen LogP) is 4.00. The molecule has 0 fully saturated rings. The van der Waals surface area contributed by atoms with E-state index in [1.165, 1.54) is 23.5 Å². The molecule has 0 saturated carbocycles. The first-order valence-electron chi connectivity index (χ1n) is 6.84. The van der Waals surface area contributed by atoms with Gasteiger partial charge in [-0.1, -0.05) is 11.6 Å². The fraction of sp³-hybridized carbons (Fsp3) is 0.250. The molecule has 2 rings (SSSR count). The smallest absolute Gasteiger partial charge is 0.262 e. The zero-order chi connectivity index (χ0) is 17.2. The third-order valence-corrected chi connectivity index (χ3v) is 4.44. The number of benzene rings is 1. The first-order valence-corrected chi connectivity index (χ1v) is 8.04. The van der Waals surface area contributed by atoms with E-state index in [2.05, 4.69) is 10.6 Å². The number of halogens is 2. The van der Waals surface area contributed by atoms with Gasteiger partial charge in [-0.15, -0.1) is 11.3 Å². The summed E-state index contributed by atoms with van der Waals surface area (Å²) in [6, 6.07) is 7.51. The van der Waals surface area contributed by atoms with E-state index >= 15 is 0 Å². The van der Waals surface area contributed by atoms with Gasteiger partial charge in [0, 0.05) is 10.6 Å². The molecule has 4 nitrogen and oxygen atoms in total. The van der Waals surface area contributed by atoms with Gasteiger partial charge < -0.3 is 10.6 Å². The van der Waals surface area contributed by atoms with Crippen molar-refractivity contribution < 1.29 is 14.0 Å². The van der Waals surface area contributed by atoms with Gasteiger partial charge in [0.25, 0.3) is 5.91 Å². The van der Waals surface area contributed by atoms with Gasteiger partial charge in [-0.2, -0.15) is 0 Å². The lowest BCUT2D eigenvalue weighted by Crippen LogP contribution is -2.52. The first kappa shape index (κ1) is 17.4. The highest BCUT2D eigenvalue weighted by atomic mass is 35.5. The lowest BCUT2D eigenvalue weighted by Gasteiger charge is -2.25. The molecule has 0 saturated heterocycles. The summed E-state index contributed by atoms with van der Waals surface area (Å²) in [6.45, 7) is 5.05. The van der Waals surface area contributed by atoms with E-state index in [1.807, 2.05) is 13.0 Å². The Bertz CT molecular complexity index is 758. The lowest BCUT2D eigenvalue weighted by molar-refractivity contribution is -0.120. The largest absolute Gasteiger partial charge is 0.337 e. The Hall–Kier alpha value is -1.92. The number of amides is 2. The van der Waals surface area contributed by atoms with Crippen LogP contribution in [0.15, 0.2) is 30.3 Å². The fourth-order valence-electron chi connectivity index (χ4n) is 1.82. The second-order valence-corrected chi connectivity index (χ2v) is 7.27. The Balaban J connectivity index is 2.07. The summed E-state index contributed by atoms with van der Waals surface area (Å²) in [5, 5.41) is 5.21. The molecule has 2 N–H and O–H groups in total. The zero-order valence-electron chi connectivity index (χ0n) is 12.9. The molecule has 0 spiro atoms. The summed E-state index contributed by atoms with van der Waals surface area (Å²) in [5.41, 5.74) is -0.892. The second kappa shape index (κ2) is 6.68. The van der Waals surface area contributed by atoms with Crippen LogP contribution in [0.2, 0.25) is 5.02 Å². The van der Waals surface area contributed by atoms with E-state index < -0.39 is 17.3 Å². The molecule has 0 aliphatic rings. The summed E-state index contributed by atoms with van der Waals surface area (Å²) < 4.78 is 13.4. The third kappa shape index (κ3) is 4.30. The molecule has 1 aromatic carbocycles. The maximum atomic E-state index is 13.4. The van der Waals surface area contributed by atoms with E-state index in [-0.39, 0.29) is 16.6 Å². The van der Waals surface area contributed by atoms with Crippen LogP contribution in [0.4, 0.5) is 10.1 Å². The normalized spacial score (nSPS) is 11.2. The van der Waals surface area contributed by atoms with Gasteiger partial charge >= 0.3 is 0 Å². The zero-order valence-corrected chi connectivity index (χ0v) is 14.4. The third-order valence-electron chi connectivity index (χ3n) is 3.14. The minimum absolute atomic E-state index is 0.0244. The van der Waals surface area contributed by atoms with E-state index in [0.717, 1.165) is 10.9 Å². The van der Waals surface area contributed by atoms with Gasteiger partial charge in [0.15, 0.2) is 0 Å². The molecule has 0 bridgehead atoms. The van der Waals surface area contributed by atoms with Crippen LogP contribution in [0.1, 0.15) is 28.4 Å². The van der Waals surface area contributed by atoms with Crippen molar-refractivity contribution in [1.82, 2.24) is 5.32 Å². The minimum Gasteiger partial charge on any atom is -0.337 e. The SMILES string of the molecule is Cc1ccc(C(=O)NC(C)(C)C(=O)Nc2ccc(Cl)c(F)c2)s1. The average molecular weight is 355 g/mol. The van der Waals surface area contributed by atoms with Gasteiger partial charge in [0.05, 0.1) is 9.90 Å². The van der Waals surface area contributed by atoms with Crippen LogP contribution < -0.4 is 10.6 Å². The molecule has 122 valence electrons. The number of carbonyl (C=O) groups is 2. The highest BCUT2D eigenvalue weighted by molar-refractivity contribution is 7.13.